The van der Waals surface area contributed by atoms with Crippen molar-refractivity contribution in [3.8, 4) is 0 Å². The average molecular weight is 204 g/mol. The molecule has 0 amide bonds. The van der Waals surface area contributed by atoms with E-state index >= 15 is 0 Å². The minimum Gasteiger partial charge on any atom is -0.176 e. The number of aromatic nitrogens is 1. The van der Waals surface area contributed by atoms with Crippen LogP contribution in [0.25, 0.3) is 0 Å². The highest BCUT2D eigenvalue weighted by atomic mass is 19.1. The molecule has 0 aliphatic rings. The van der Waals surface area contributed by atoms with Gasteiger partial charge in [-0.15, -0.1) is 4.39 Å². The molecule has 0 radical (unpaired) electrons. The fraction of sp³-hybridized carbons (Fsp3) is 0.154. The number of pyridine rings is 1. The lowest BCUT2D eigenvalue weighted by Crippen LogP contribution is -2.31. The zero-order chi connectivity index (χ0) is 11.1. The van der Waals surface area contributed by atoms with Crippen molar-refractivity contribution >= 4 is 0 Å². The highest BCUT2D eigenvalue weighted by Gasteiger charge is 1.97. The topological polar surface area (TPSA) is 3.88 Å². The van der Waals surface area contributed by atoms with Crippen molar-refractivity contribution in [1.82, 2.24) is 0 Å². The molecule has 0 saturated heterocycles. The third-order valence-electron chi connectivity index (χ3n) is 1.93. The van der Waals surface area contributed by atoms with Gasteiger partial charge in [0.1, 0.15) is 7.05 Å². The number of hydrogen-bond acceptors (Lipinski definition) is 0. The Hall–Kier alpha value is -1.70. The summed E-state index contributed by atoms with van der Waals surface area (Å²) in [5.74, 6) is -0.215. The second-order valence-electron chi connectivity index (χ2n) is 3.29. The van der Waals surface area contributed by atoms with Crippen LogP contribution in [-0.4, -0.2) is 0 Å². The van der Waals surface area contributed by atoms with E-state index in [1.54, 1.807) is 25.4 Å². The van der Waals surface area contributed by atoms with Crippen molar-refractivity contribution in [3.63, 3.8) is 0 Å². The standard InChI is InChI=1S/C7H8.C6H7FN/c1-7-5-3-2-4-6-7;1-8-5-3-2-4-6(8)7/h2-6H,1H3;2-5H,1H3/q;+1. The SMILES string of the molecule is C[n+]1ccccc1F.Cc1ccccc1. The van der Waals surface area contributed by atoms with Crippen molar-refractivity contribution < 1.29 is 8.96 Å². The molecule has 2 heteroatoms. The normalized spacial score (nSPS) is 9.00. The molecule has 1 aromatic heterocycles. The molecule has 1 aromatic carbocycles. The lowest BCUT2D eigenvalue weighted by atomic mass is 10.2. The molecule has 0 aliphatic carbocycles. The van der Waals surface area contributed by atoms with E-state index in [1.807, 2.05) is 18.2 Å². The summed E-state index contributed by atoms with van der Waals surface area (Å²) in [7, 11) is 1.66. The molecule has 0 aliphatic heterocycles. The zero-order valence-corrected chi connectivity index (χ0v) is 9.02. The maximum absolute atomic E-state index is 12.3. The third-order valence-corrected chi connectivity index (χ3v) is 1.93. The fourth-order valence-electron chi connectivity index (χ4n) is 1.04. The largest absolute Gasteiger partial charge is 0.359 e. The minimum atomic E-state index is -0.215. The van der Waals surface area contributed by atoms with Gasteiger partial charge in [-0.1, -0.05) is 35.9 Å². The summed E-state index contributed by atoms with van der Waals surface area (Å²) < 4.78 is 13.7. The predicted molar refractivity (Wildman–Crippen MR) is 58.8 cm³/mol. The molecule has 78 valence electrons. The second-order valence-corrected chi connectivity index (χ2v) is 3.29. The van der Waals surface area contributed by atoms with E-state index in [1.165, 1.54) is 16.2 Å². The van der Waals surface area contributed by atoms with E-state index in [4.69, 9.17) is 0 Å². The van der Waals surface area contributed by atoms with Crippen LogP contribution in [0.15, 0.2) is 54.7 Å². The Kier molecular flexibility index (Phi) is 4.48. The summed E-state index contributed by atoms with van der Waals surface area (Å²) in [4.78, 5) is 0. The molecule has 15 heavy (non-hydrogen) atoms. The summed E-state index contributed by atoms with van der Waals surface area (Å²) in [5, 5.41) is 0. The Bertz CT molecular complexity index is 377. The summed E-state index contributed by atoms with van der Waals surface area (Å²) >= 11 is 0. The van der Waals surface area contributed by atoms with Gasteiger partial charge in [0, 0.05) is 12.1 Å². The van der Waals surface area contributed by atoms with Crippen LogP contribution in [0, 0.1) is 12.9 Å². The summed E-state index contributed by atoms with van der Waals surface area (Å²) in [6.45, 7) is 2.08. The van der Waals surface area contributed by atoms with Crippen molar-refractivity contribution in [2.45, 2.75) is 6.92 Å². The monoisotopic (exact) mass is 204 g/mol. The minimum absolute atomic E-state index is 0.215. The predicted octanol–water partition coefficient (Wildman–Crippen LogP) is 2.65. The molecule has 2 aromatic rings. The van der Waals surface area contributed by atoms with Crippen LogP contribution >= 0.6 is 0 Å². The molecular formula is C13H15FN+. The van der Waals surface area contributed by atoms with Crippen molar-refractivity contribution in [1.29, 1.82) is 0 Å². The van der Waals surface area contributed by atoms with Gasteiger partial charge in [0.05, 0.1) is 0 Å². The summed E-state index contributed by atoms with van der Waals surface area (Å²) in [5.41, 5.74) is 1.32. The quantitative estimate of drug-likeness (QED) is 0.459. The van der Waals surface area contributed by atoms with E-state index in [-0.39, 0.29) is 5.95 Å². The summed E-state index contributed by atoms with van der Waals surface area (Å²) in [6, 6.07) is 15.1. The van der Waals surface area contributed by atoms with Crippen LogP contribution < -0.4 is 4.57 Å². The zero-order valence-electron chi connectivity index (χ0n) is 9.02. The third kappa shape index (κ3) is 4.36. The number of halogens is 1. The van der Waals surface area contributed by atoms with Crippen LogP contribution in [0.1, 0.15) is 5.56 Å². The maximum Gasteiger partial charge on any atom is 0.359 e. The molecule has 0 unspecified atom stereocenters. The highest BCUT2D eigenvalue weighted by Crippen LogP contribution is 1.92. The van der Waals surface area contributed by atoms with E-state index in [0.717, 1.165) is 0 Å². The Labute approximate surface area is 89.8 Å². The molecule has 0 spiro atoms. The first-order valence-corrected chi connectivity index (χ1v) is 4.82. The average Bonchev–Trinajstić information content (AvgIpc) is 2.25. The number of aryl methyl sites for hydroxylation is 2. The fourth-order valence-corrected chi connectivity index (χ4v) is 1.04. The van der Waals surface area contributed by atoms with Crippen LogP contribution in [0.3, 0.4) is 0 Å². The lowest BCUT2D eigenvalue weighted by molar-refractivity contribution is -0.700. The van der Waals surface area contributed by atoms with Gasteiger partial charge in [0.2, 0.25) is 0 Å². The van der Waals surface area contributed by atoms with Crippen molar-refractivity contribution in [2.75, 3.05) is 0 Å². The Morgan fingerprint density at radius 2 is 1.53 bits per heavy atom. The van der Waals surface area contributed by atoms with Crippen molar-refractivity contribution in [3.05, 3.63) is 66.2 Å². The molecule has 1 heterocycles. The van der Waals surface area contributed by atoms with Gasteiger partial charge in [0.25, 0.3) is 0 Å². The molecule has 0 atom stereocenters. The Morgan fingerprint density at radius 1 is 0.933 bits per heavy atom. The molecule has 0 N–H and O–H groups in total. The smallest absolute Gasteiger partial charge is 0.176 e. The Balaban J connectivity index is 0.000000151. The van der Waals surface area contributed by atoms with Gasteiger partial charge in [0.15, 0.2) is 6.20 Å². The van der Waals surface area contributed by atoms with Gasteiger partial charge < -0.3 is 0 Å². The van der Waals surface area contributed by atoms with Gasteiger partial charge in [-0.05, 0) is 13.0 Å². The first-order valence-electron chi connectivity index (χ1n) is 4.82. The van der Waals surface area contributed by atoms with Crippen molar-refractivity contribution in [2.24, 2.45) is 7.05 Å². The van der Waals surface area contributed by atoms with Crippen LogP contribution in [-0.2, 0) is 7.05 Å². The first-order chi connectivity index (χ1) is 7.20. The molecular weight excluding hydrogens is 189 g/mol. The van der Waals surface area contributed by atoms with E-state index in [9.17, 15) is 4.39 Å². The molecule has 2 rings (SSSR count). The second kappa shape index (κ2) is 5.91. The van der Waals surface area contributed by atoms with E-state index in [2.05, 4.69) is 19.1 Å². The maximum atomic E-state index is 12.3. The first kappa shape index (κ1) is 11.4. The van der Waals surface area contributed by atoms with Gasteiger partial charge >= 0.3 is 5.95 Å². The molecule has 0 saturated carbocycles. The van der Waals surface area contributed by atoms with Crippen LogP contribution in [0.4, 0.5) is 4.39 Å². The van der Waals surface area contributed by atoms with E-state index in [0.29, 0.717) is 0 Å². The van der Waals surface area contributed by atoms with Crippen LogP contribution in [0.5, 0.6) is 0 Å². The molecule has 1 nitrogen and oxygen atoms in total. The number of hydrogen-bond donors (Lipinski definition) is 0. The van der Waals surface area contributed by atoms with Gasteiger partial charge in [-0.25, -0.2) is 0 Å². The number of benzene rings is 1. The summed E-state index contributed by atoms with van der Waals surface area (Å²) in [6.07, 6.45) is 1.66. The molecule has 0 fully saturated rings. The van der Waals surface area contributed by atoms with E-state index < -0.39 is 0 Å². The Morgan fingerprint density at radius 3 is 1.87 bits per heavy atom. The number of nitrogens with zero attached hydrogens (tertiary/aromatic N) is 1. The molecule has 0 bridgehead atoms. The van der Waals surface area contributed by atoms with Gasteiger partial charge in [-0.2, -0.15) is 4.57 Å². The van der Waals surface area contributed by atoms with Gasteiger partial charge in [-0.3, -0.25) is 0 Å². The highest BCUT2D eigenvalue weighted by molar-refractivity contribution is 5.11. The van der Waals surface area contributed by atoms with Crippen LogP contribution in [0.2, 0.25) is 0 Å². The number of rotatable bonds is 0. The lowest BCUT2D eigenvalue weighted by Gasteiger charge is -1.83.